The number of nitrogens with zero attached hydrogens (tertiary/aromatic N) is 4. The quantitative estimate of drug-likeness (QED) is 0.729. The van der Waals surface area contributed by atoms with Crippen molar-refractivity contribution in [3.05, 3.63) is 54.4 Å². The Morgan fingerprint density at radius 3 is 2.65 bits per heavy atom. The summed E-state index contributed by atoms with van der Waals surface area (Å²) in [5.74, 6) is 0.575. The number of fused-ring (bicyclic) bond motifs is 1. The molecule has 1 aliphatic heterocycles. The number of rotatable bonds is 3. The molecule has 1 aliphatic carbocycles. The highest BCUT2D eigenvalue weighted by molar-refractivity contribution is 6.11. The third-order valence-corrected chi connectivity index (χ3v) is 5.09. The van der Waals surface area contributed by atoms with E-state index in [9.17, 15) is 4.79 Å². The van der Waals surface area contributed by atoms with E-state index in [-0.39, 0.29) is 5.91 Å². The van der Waals surface area contributed by atoms with Gasteiger partial charge in [-0.1, -0.05) is 12.1 Å². The molecular weight excluding hydrogens is 328 g/mol. The number of carbonyl (C=O) groups excluding carboxylic acids is 1. The number of anilines is 2. The van der Waals surface area contributed by atoms with E-state index in [2.05, 4.69) is 16.1 Å². The monoisotopic (exact) mass is 348 g/mol. The third kappa shape index (κ3) is 2.41. The van der Waals surface area contributed by atoms with Crippen LogP contribution in [0.2, 0.25) is 0 Å². The molecule has 2 aromatic heterocycles. The smallest absolute Gasteiger partial charge is 0.262 e. The Labute approximate surface area is 151 Å². The third-order valence-electron chi connectivity index (χ3n) is 5.09. The first-order valence-corrected chi connectivity index (χ1v) is 8.97. The van der Waals surface area contributed by atoms with Crippen molar-refractivity contribution in [2.24, 2.45) is 7.05 Å². The molecule has 0 spiro atoms. The van der Waals surface area contributed by atoms with Gasteiger partial charge in [0.1, 0.15) is 5.69 Å². The van der Waals surface area contributed by atoms with E-state index in [4.69, 9.17) is 4.42 Å². The number of aromatic nitrogens is 2. The van der Waals surface area contributed by atoms with Gasteiger partial charge in [-0.05, 0) is 37.1 Å². The maximum Gasteiger partial charge on any atom is 0.262 e. The average molecular weight is 348 g/mol. The van der Waals surface area contributed by atoms with Crippen LogP contribution in [-0.2, 0) is 7.05 Å². The first-order chi connectivity index (χ1) is 12.7. The van der Waals surface area contributed by atoms with E-state index in [1.54, 1.807) is 17.1 Å². The molecule has 3 aromatic rings. The summed E-state index contributed by atoms with van der Waals surface area (Å²) in [4.78, 5) is 17.7. The van der Waals surface area contributed by atoms with Crippen LogP contribution in [-0.4, -0.2) is 34.8 Å². The maximum atomic E-state index is 13.4. The molecule has 2 aliphatic rings. The van der Waals surface area contributed by atoms with Gasteiger partial charge in [-0.15, -0.1) is 0 Å². The summed E-state index contributed by atoms with van der Waals surface area (Å²) in [6.45, 7) is 1.54. The molecule has 1 saturated carbocycles. The van der Waals surface area contributed by atoms with Crippen LogP contribution in [0.4, 0.5) is 11.4 Å². The van der Waals surface area contributed by atoms with Crippen molar-refractivity contribution in [2.45, 2.75) is 18.9 Å². The highest BCUT2D eigenvalue weighted by Crippen LogP contribution is 2.40. The van der Waals surface area contributed by atoms with Crippen molar-refractivity contribution in [1.82, 2.24) is 9.78 Å². The molecule has 5 rings (SSSR count). The van der Waals surface area contributed by atoms with Gasteiger partial charge in [0.2, 0.25) is 0 Å². The van der Waals surface area contributed by atoms with Crippen molar-refractivity contribution >= 4 is 17.3 Å². The summed E-state index contributed by atoms with van der Waals surface area (Å²) in [5, 5.41) is 4.44. The van der Waals surface area contributed by atoms with Gasteiger partial charge in [0.25, 0.3) is 5.91 Å². The highest BCUT2D eigenvalue weighted by Gasteiger charge is 2.36. The molecule has 3 heterocycles. The second-order valence-corrected chi connectivity index (χ2v) is 6.91. The minimum absolute atomic E-state index is 0.0348. The van der Waals surface area contributed by atoms with Crippen molar-refractivity contribution < 1.29 is 9.21 Å². The Balaban J connectivity index is 1.55. The predicted octanol–water partition coefficient (Wildman–Crippen LogP) is 3.31. The van der Waals surface area contributed by atoms with Crippen LogP contribution in [0.5, 0.6) is 0 Å². The SMILES string of the molecule is Cn1cc(C(=O)N2CCN(C3CC3)c3ccccc32)c(-c2ccco2)n1. The Morgan fingerprint density at radius 1 is 1.12 bits per heavy atom. The molecule has 6 heteroatoms. The number of benzene rings is 1. The standard InChI is InChI=1S/C20H20N4O2/c1-22-13-15(19(21-22)18-7-4-12-26-18)20(25)24-11-10-23(14-8-9-14)16-5-2-3-6-17(16)24/h2-7,12-14H,8-11H2,1H3. The number of hydrogen-bond donors (Lipinski definition) is 0. The summed E-state index contributed by atoms with van der Waals surface area (Å²) in [6.07, 6.45) is 5.86. The van der Waals surface area contributed by atoms with Gasteiger partial charge in [0.15, 0.2) is 5.76 Å². The number of amides is 1. The number of hydrogen-bond acceptors (Lipinski definition) is 4. The van der Waals surface area contributed by atoms with Gasteiger partial charge in [-0.3, -0.25) is 9.48 Å². The minimum atomic E-state index is -0.0348. The van der Waals surface area contributed by atoms with Crippen LogP contribution in [0, 0.1) is 0 Å². The molecular formula is C20H20N4O2. The van der Waals surface area contributed by atoms with Crippen molar-refractivity contribution in [1.29, 1.82) is 0 Å². The van der Waals surface area contributed by atoms with Gasteiger partial charge in [-0.2, -0.15) is 5.10 Å². The largest absolute Gasteiger partial charge is 0.463 e. The van der Waals surface area contributed by atoms with E-state index in [0.29, 0.717) is 29.6 Å². The highest BCUT2D eigenvalue weighted by atomic mass is 16.3. The minimum Gasteiger partial charge on any atom is -0.463 e. The fourth-order valence-electron chi connectivity index (χ4n) is 3.75. The number of carbonyl (C=O) groups is 1. The van der Waals surface area contributed by atoms with Crippen LogP contribution in [0.3, 0.4) is 0 Å². The lowest BCUT2D eigenvalue weighted by atomic mass is 10.1. The molecule has 1 fully saturated rings. The molecule has 0 atom stereocenters. The normalized spacial score (nSPS) is 16.7. The average Bonchev–Trinajstić information content (AvgIpc) is 3.21. The van der Waals surface area contributed by atoms with E-state index < -0.39 is 0 Å². The maximum absolute atomic E-state index is 13.4. The summed E-state index contributed by atoms with van der Waals surface area (Å²) < 4.78 is 7.15. The molecule has 0 radical (unpaired) electrons. The molecule has 1 amide bonds. The Morgan fingerprint density at radius 2 is 1.92 bits per heavy atom. The van der Waals surface area contributed by atoms with E-state index in [1.165, 1.54) is 12.8 Å². The molecule has 26 heavy (non-hydrogen) atoms. The Kier molecular flexibility index (Phi) is 3.38. The second kappa shape index (κ2) is 5.76. The van der Waals surface area contributed by atoms with E-state index in [0.717, 1.165) is 17.9 Å². The van der Waals surface area contributed by atoms with Crippen LogP contribution < -0.4 is 9.80 Å². The summed E-state index contributed by atoms with van der Waals surface area (Å²) in [6, 6.07) is 12.5. The number of aryl methyl sites for hydroxylation is 1. The van der Waals surface area contributed by atoms with E-state index >= 15 is 0 Å². The Hall–Kier alpha value is -3.02. The first kappa shape index (κ1) is 15.3. The van der Waals surface area contributed by atoms with Gasteiger partial charge in [0.05, 0.1) is 23.2 Å². The van der Waals surface area contributed by atoms with Gasteiger partial charge < -0.3 is 14.2 Å². The lowest BCUT2D eigenvalue weighted by molar-refractivity contribution is 0.0987. The van der Waals surface area contributed by atoms with Gasteiger partial charge in [0, 0.05) is 32.4 Å². The summed E-state index contributed by atoms with van der Waals surface area (Å²) >= 11 is 0. The van der Waals surface area contributed by atoms with Crippen LogP contribution >= 0.6 is 0 Å². The van der Waals surface area contributed by atoms with E-state index in [1.807, 2.05) is 42.3 Å². The zero-order valence-corrected chi connectivity index (χ0v) is 14.6. The number of furan rings is 1. The summed E-state index contributed by atoms with van der Waals surface area (Å²) in [5.41, 5.74) is 3.28. The molecule has 0 bridgehead atoms. The Bertz CT molecular complexity index is 956. The van der Waals surface area contributed by atoms with Crippen LogP contribution in [0.1, 0.15) is 23.2 Å². The molecule has 0 unspecified atom stereocenters. The predicted molar refractivity (Wildman–Crippen MR) is 99.4 cm³/mol. The zero-order valence-electron chi connectivity index (χ0n) is 14.6. The van der Waals surface area contributed by atoms with Crippen LogP contribution in [0.25, 0.3) is 11.5 Å². The summed E-state index contributed by atoms with van der Waals surface area (Å²) in [7, 11) is 1.82. The lowest BCUT2D eigenvalue weighted by Crippen LogP contribution is -2.45. The molecule has 132 valence electrons. The van der Waals surface area contributed by atoms with Crippen LogP contribution in [0.15, 0.2) is 53.3 Å². The van der Waals surface area contributed by atoms with Crippen molar-refractivity contribution in [3.63, 3.8) is 0 Å². The molecule has 0 saturated heterocycles. The molecule has 0 N–H and O–H groups in total. The number of para-hydroxylation sites is 2. The van der Waals surface area contributed by atoms with Crippen molar-refractivity contribution in [3.8, 4) is 11.5 Å². The first-order valence-electron chi connectivity index (χ1n) is 8.97. The lowest BCUT2D eigenvalue weighted by Gasteiger charge is -2.38. The molecule has 1 aromatic carbocycles. The molecule has 6 nitrogen and oxygen atoms in total. The second-order valence-electron chi connectivity index (χ2n) is 6.91. The van der Waals surface area contributed by atoms with Gasteiger partial charge in [-0.25, -0.2) is 0 Å². The van der Waals surface area contributed by atoms with Crippen molar-refractivity contribution in [2.75, 3.05) is 22.9 Å². The fraction of sp³-hybridized carbons (Fsp3) is 0.300. The topological polar surface area (TPSA) is 54.5 Å². The van der Waals surface area contributed by atoms with Gasteiger partial charge >= 0.3 is 0 Å². The zero-order chi connectivity index (χ0) is 17.7. The fourth-order valence-corrected chi connectivity index (χ4v) is 3.75.